The van der Waals surface area contributed by atoms with Gasteiger partial charge < -0.3 is 9.64 Å². The number of amides is 1. The summed E-state index contributed by atoms with van der Waals surface area (Å²) in [6.45, 7) is 0.739. The van der Waals surface area contributed by atoms with Crippen molar-refractivity contribution in [2.45, 2.75) is 5.37 Å². The Labute approximate surface area is 162 Å². The first-order valence-corrected chi connectivity index (χ1v) is 9.88. The number of aromatic nitrogens is 2. The minimum Gasteiger partial charge on any atom is -0.497 e. The Kier molecular flexibility index (Phi) is 4.90. The second kappa shape index (κ2) is 7.48. The number of rotatable bonds is 4. The fraction of sp³-hybridized carbons (Fsp3) is 0.238. The Hall–Kier alpha value is -2.73. The average Bonchev–Trinajstić information content (AvgIpc) is 3.35. The number of carbonyl (C=O) groups is 1. The molecule has 0 radical (unpaired) electrons. The lowest BCUT2D eigenvalue weighted by atomic mass is 10.1. The summed E-state index contributed by atoms with van der Waals surface area (Å²) in [7, 11) is 3.46. The summed E-state index contributed by atoms with van der Waals surface area (Å²) in [6.07, 6.45) is 0. The molecule has 1 unspecified atom stereocenters. The fourth-order valence-electron chi connectivity index (χ4n) is 3.31. The van der Waals surface area contributed by atoms with E-state index in [9.17, 15) is 4.79 Å². The molecule has 0 aliphatic carbocycles. The second-order valence-electron chi connectivity index (χ2n) is 6.40. The van der Waals surface area contributed by atoms with Crippen LogP contribution in [0.15, 0.2) is 60.7 Å². The highest BCUT2D eigenvalue weighted by atomic mass is 32.2. The van der Waals surface area contributed by atoms with Crippen LogP contribution < -0.4 is 4.74 Å². The molecule has 6 heteroatoms. The van der Waals surface area contributed by atoms with Gasteiger partial charge in [0.05, 0.1) is 12.8 Å². The van der Waals surface area contributed by atoms with E-state index in [2.05, 4.69) is 17.2 Å². The number of ether oxygens (including phenoxy) is 1. The van der Waals surface area contributed by atoms with Gasteiger partial charge in [0.15, 0.2) is 0 Å². The van der Waals surface area contributed by atoms with Crippen molar-refractivity contribution in [3.63, 3.8) is 0 Å². The van der Waals surface area contributed by atoms with Gasteiger partial charge >= 0.3 is 0 Å². The van der Waals surface area contributed by atoms with Gasteiger partial charge in [-0.15, -0.1) is 11.8 Å². The molecule has 0 saturated carbocycles. The lowest BCUT2D eigenvalue weighted by molar-refractivity contribution is 0.0749. The highest BCUT2D eigenvalue weighted by Gasteiger charge is 2.32. The lowest BCUT2D eigenvalue weighted by Crippen LogP contribution is -2.31. The van der Waals surface area contributed by atoms with Crippen molar-refractivity contribution in [2.24, 2.45) is 7.05 Å². The molecule has 1 aromatic heterocycles. The standard InChI is InChI=1S/C21H21N3O2S/c1-23-19(14-18(22-23)16-9-6-10-17(13-16)26-2)20(25)24-11-12-27-21(24)15-7-4-3-5-8-15/h3-10,13-14,21H,11-12H2,1-2H3. The van der Waals surface area contributed by atoms with Gasteiger partial charge in [-0.1, -0.05) is 42.5 Å². The Morgan fingerprint density at radius 1 is 1.15 bits per heavy atom. The quantitative estimate of drug-likeness (QED) is 0.688. The van der Waals surface area contributed by atoms with Crippen LogP contribution in [0.1, 0.15) is 21.4 Å². The van der Waals surface area contributed by atoms with Crippen molar-refractivity contribution in [2.75, 3.05) is 19.4 Å². The normalized spacial score (nSPS) is 16.5. The number of benzene rings is 2. The number of aryl methyl sites for hydroxylation is 1. The molecule has 27 heavy (non-hydrogen) atoms. The van der Waals surface area contributed by atoms with Crippen LogP contribution >= 0.6 is 11.8 Å². The summed E-state index contributed by atoms with van der Waals surface area (Å²) in [4.78, 5) is 15.2. The smallest absolute Gasteiger partial charge is 0.273 e. The monoisotopic (exact) mass is 379 g/mol. The van der Waals surface area contributed by atoms with Crippen molar-refractivity contribution >= 4 is 17.7 Å². The topological polar surface area (TPSA) is 47.4 Å². The molecule has 1 amide bonds. The van der Waals surface area contributed by atoms with Crippen LogP contribution in [0.5, 0.6) is 5.75 Å². The first-order chi connectivity index (χ1) is 13.2. The number of carbonyl (C=O) groups excluding carboxylic acids is 1. The third-order valence-corrected chi connectivity index (χ3v) is 5.96. The van der Waals surface area contributed by atoms with E-state index in [4.69, 9.17) is 4.74 Å². The molecular weight excluding hydrogens is 358 g/mol. The maximum absolute atomic E-state index is 13.2. The summed E-state index contributed by atoms with van der Waals surface area (Å²) < 4.78 is 6.96. The van der Waals surface area contributed by atoms with E-state index in [0.29, 0.717) is 5.69 Å². The molecule has 4 rings (SSSR count). The van der Waals surface area contributed by atoms with Crippen LogP contribution in [-0.4, -0.2) is 40.0 Å². The minimum absolute atomic E-state index is 0.0120. The fourth-order valence-corrected chi connectivity index (χ4v) is 4.57. The van der Waals surface area contributed by atoms with Gasteiger partial charge in [0, 0.05) is 24.9 Å². The maximum Gasteiger partial charge on any atom is 0.273 e. The molecule has 0 N–H and O–H groups in total. The van der Waals surface area contributed by atoms with Crippen LogP contribution in [0.3, 0.4) is 0 Å². The van der Waals surface area contributed by atoms with Crippen LogP contribution in [0.25, 0.3) is 11.3 Å². The summed E-state index contributed by atoms with van der Waals surface area (Å²) in [5, 5.41) is 4.60. The van der Waals surface area contributed by atoms with Gasteiger partial charge in [0.1, 0.15) is 16.8 Å². The van der Waals surface area contributed by atoms with E-state index in [1.807, 2.05) is 60.5 Å². The molecule has 1 saturated heterocycles. The Balaban J connectivity index is 1.63. The van der Waals surface area contributed by atoms with Crippen LogP contribution in [0.4, 0.5) is 0 Å². The van der Waals surface area contributed by atoms with Crippen LogP contribution in [0, 0.1) is 0 Å². The van der Waals surface area contributed by atoms with Gasteiger partial charge in [-0.2, -0.15) is 5.10 Å². The average molecular weight is 379 g/mol. The van der Waals surface area contributed by atoms with Crippen molar-refractivity contribution in [1.82, 2.24) is 14.7 Å². The summed E-state index contributed by atoms with van der Waals surface area (Å²) in [5.41, 5.74) is 3.45. The molecule has 2 aromatic carbocycles. The summed E-state index contributed by atoms with van der Waals surface area (Å²) >= 11 is 1.80. The van der Waals surface area contributed by atoms with Crippen LogP contribution in [-0.2, 0) is 7.05 Å². The Morgan fingerprint density at radius 3 is 2.74 bits per heavy atom. The molecule has 2 heterocycles. The SMILES string of the molecule is COc1cccc(-c2cc(C(=O)N3CCSC3c3ccccc3)n(C)n2)c1. The van der Waals surface area contributed by atoms with E-state index in [-0.39, 0.29) is 11.3 Å². The Bertz CT molecular complexity index is 955. The van der Waals surface area contributed by atoms with E-state index in [1.165, 1.54) is 0 Å². The van der Waals surface area contributed by atoms with Crippen LogP contribution in [0.2, 0.25) is 0 Å². The predicted octanol–water partition coefficient (Wildman–Crippen LogP) is 3.98. The molecule has 5 nitrogen and oxygen atoms in total. The van der Waals surface area contributed by atoms with Crippen molar-refractivity contribution < 1.29 is 9.53 Å². The zero-order valence-corrected chi connectivity index (χ0v) is 16.1. The second-order valence-corrected chi connectivity index (χ2v) is 7.59. The molecule has 1 fully saturated rings. The minimum atomic E-state index is 0.0120. The number of hydrogen-bond acceptors (Lipinski definition) is 4. The summed E-state index contributed by atoms with van der Waals surface area (Å²) in [6, 6.07) is 19.8. The third kappa shape index (κ3) is 3.45. The summed E-state index contributed by atoms with van der Waals surface area (Å²) in [5.74, 6) is 1.72. The molecule has 0 spiro atoms. The highest BCUT2D eigenvalue weighted by Crippen LogP contribution is 2.38. The predicted molar refractivity (Wildman–Crippen MR) is 108 cm³/mol. The highest BCUT2D eigenvalue weighted by molar-refractivity contribution is 7.99. The lowest BCUT2D eigenvalue weighted by Gasteiger charge is -2.24. The first kappa shape index (κ1) is 17.7. The maximum atomic E-state index is 13.2. The number of hydrogen-bond donors (Lipinski definition) is 0. The van der Waals surface area contributed by atoms with Crippen molar-refractivity contribution in [3.8, 4) is 17.0 Å². The van der Waals surface area contributed by atoms with Gasteiger partial charge in [0.25, 0.3) is 5.91 Å². The number of thioether (sulfide) groups is 1. The van der Waals surface area contributed by atoms with Gasteiger partial charge in [-0.05, 0) is 23.8 Å². The third-order valence-electron chi connectivity index (χ3n) is 4.70. The first-order valence-electron chi connectivity index (χ1n) is 8.83. The number of methoxy groups -OCH3 is 1. The van der Waals surface area contributed by atoms with E-state index >= 15 is 0 Å². The van der Waals surface area contributed by atoms with Gasteiger partial charge in [-0.3, -0.25) is 9.48 Å². The molecule has 3 aromatic rings. The van der Waals surface area contributed by atoms with Crippen molar-refractivity contribution in [1.29, 1.82) is 0 Å². The Morgan fingerprint density at radius 2 is 1.96 bits per heavy atom. The largest absolute Gasteiger partial charge is 0.497 e. The molecule has 1 atom stereocenters. The zero-order valence-electron chi connectivity index (χ0n) is 15.3. The van der Waals surface area contributed by atoms with Gasteiger partial charge in [-0.25, -0.2) is 0 Å². The zero-order chi connectivity index (χ0) is 18.8. The van der Waals surface area contributed by atoms with E-state index in [0.717, 1.165) is 34.9 Å². The van der Waals surface area contributed by atoms with E-state index < -0.39 is 0 Å². The molecule has 1 aliphatic rings. The van der Waals surface area contributed by atoms with Crippen molar-refractivity contribution in [3.05, 3.63) is 71.9 Å². The van der Waals surface area contributed by atoms with E-state index in [1.54, 1.807) is 23.6 Å². The number of nitrogens with zero attached hydrogens (tertiary/aromatic N) is 3. The molecule has 138 valence electrons. The van der Waals surface area contributed by atoms with Gasteiger partial charge in [0.2, 0.25) is 0 Å². The molecule has 0 bridgehead atoms. The molecule has 1 aliphatic heterocycles. The molecular formula is C21H21N3O2S.